The number of rotatable bonds is 8. The fraction of sp³-hybridized carbons (Fsp3) is 0.500. The average Bonchev–Trinajstić information content (AvgIpc) is 3.10. The third kappa shape index (κ3) is 4.72. The van der Waals surface area contributed by atoms with Crippen molar-refractivity contribution in [1.29, 1.82) is 0 Å². The van der Waals surface area contributed by atoms with Gasteiger partial charge in [0.1, 0.15) is 5.69 Å². The number of nitrogens with one attached hydrogen (secondary N) is 2. The Morgan fingerprint density at radius 1 is 1.19 bits per heavy atom. The molecular weight excluding hydrogens is 342 g/mol. The largest absolute Gasteiger partial charge is 0.351 e. The van der Waals surface area contributed by atoms with Crippen molar-refractivity contribution in [3.8, 4) is 0 Å². The molecule has 144 valence electrons. The predicted molar refractivity (Wildman–Crippen MR) is 102 cm³/mol. The molecule has 1 aliphatic rings. The summed E-state index contributed by atoms with van der Waals surface area (Å²) in [5, 5.41) is 5.82. The Morgan fingerprint density at radius 2 is 2.07 bits per heavy atom. The van der Waals surface area contributed by atoms with Crippen molar-refractivity contribution in [2.45, 2.75) is 58.5 Å². The number of nitrogens with zero attached hydrogens (tertiary/aromatic N) is 3. The van der Waals surface area contributed by atoms with Crippen molar-refractivity contribution < 1.29 is 9.59 Å². The molecule has 0 unspecified atom stereocenters. The summed E-state index contributed by atoms with van der Waals surface area (Å²) in [6, 6.07) is 3.74. The molecule has 2 aromatic rings. The molecule has 0 radical (unpaired) electrons. The molecule has 7 nitrogen and oxygen atoms in total. The van der Waals surface area contributed by atoms with Crippen LogP contribution in [0, 0.1) is 0 Å². The van der Waals surface area contributed by atoms with Gasteiger partial charge in [-0.3, -0.25) is 14.6 Å². The molecule has 0 aliphatic carbocycles. The van der Waals surface area contributed by atoms with Crippen LogP contribution in [0.4, 0.5) is 0 Å². The number of hydrogen-bond donors (Lipinski definition) is 2. The van der Waals surface area contributed by atoms with Crippen LogP contribution in [0.2, 0.25) is 0 Å². The van der Waals surface area contributed by atoms with Gasteiger partial charge in [0.25, 0.3) is 11.8 Å². The van der Waals surface area contributed by atoms with Gasteiger partial charge in [-0.2, -0.15) is 0 Å². The van der Waals surface area contributed by atoms with E-state index in [-0.39, 0.29) is 11.8 Å². The van der Waals surface area contributed by atoms with Gasteiger partial charge in [0.15, 0.2) is 5.82 Å². The topological polar surface area (TPSA) is 88.9 Å². The molecular formula is C20H27N5O2. The first-order chi connectivity index (χ1) is 13.2. The minimum absolute atomic E-state index is 0.178. The number of amides is 2. The van der Waals surface area contributed by atoms with Crippen LogP contribution in [0.15, 0.2) is 24.5 Å². The van der Waals surface area contributed by atoms with E-state index in [0.717, 1.165) is 56.3 Å². The third-order valence-electron chi connectivity index (χ3n) is 4.78. The van der Waals surface area contributed by atoms with Crippen LogP contribution in [0.3, 0.4) is 0 Å². The Balaban J connectivity index is 1.72. The van der Waals surface area contributed by atoms with Gasteiger partial charge in [-0.25, -0.2) is 4.98 Å². The van der Waals surface area contributed by atoms with Crippen LogP contribution in [0.1, 0.15) is 71.4 Å². The summed E-state index contributed by atoms with van der Waals surface area (Å²) in [5.74, 6) is -0.109. The summed E-state index contributed by atoms with van der Waals surface area (Å²) in [7, 11) is 0. The number of imidazole rings is 1. The molecule has 0 fully saturated rings. The predicted octanol–water partition coefficient (Wildman–Crippen LogP) is 2.46. The van der Waals surface area contributed by atoms with Crippen molar-refractivity contribution >= 4 is 11.8 Å². The lowest BCUT2D eigenvalue weighted by molar-refractivity contribution is 0.0935. The monoisotopic (exact) mass is 369 g/mol. The number of pyridine rings is 1. The summed E-state index contributed by atoms with van der Waals surface area (Å²) in [6.07, 6.45) is 9.35. The highest BCUT2D eigenvalue weighted by atomic mass is 16.2. The van der Waals surface area contributed by atoms with E-state index in [9.17, 15) is 9.59 Å². The SMILES string of the molecule is CCCCCNC(=O)c1nc(C(=O)NCc2cccnc2)n2c1CCCC2. The second-order valence-corrected chi connectivity index (χ2v) is 6.85. The lowest BCUT2D eigenvalue weighted by Crippen LogP contribution is -2.27. The van der Waals surface area contributed by atoms with Crippen molar-refractivity contribution in [3.05, 3.63) is 47.3 Å². The van der Waals surface area contributed by atoms with Crippen molar-refractivity contribution in [3.63, 3.8) is 0 Å². The summed E-state index contributed by atoms with van der Waals surface area (Å²) < 4.78 is 1.91. The van der Waals surface area contributed by atoms with Gasteiger partial charge >= 0.3 is 0 Å². The molecule has 2 amide bonds. The summed E-state index contributed by atoms with van der Waals surface area (Å²) in [5.41, 5.74) is 2.20. The fourth-order valence-electron chi connectivity index (χ4n) is 3.32. The number of carbonyl (C=O) groups is 2. The fourth-order valence-corrected chi connectivity index (χ4v) is 3.32. The first-order valence-corrected chi connectivity index (χ1v) is 9.75. The molecule has 0 aromatic carbocycles. The van der Waals surface area contributed by atoms with Gasteiger partial charge in [0.2, 0.25) is 0 Å². The Hall–Kier alpha value is -2.70. The van der Waals surface area contributed by atoms with Crippen LogP contribution < -0.4 is 10.6 Å². The molecule has 2 aromatic heterocycles. The molecule has 0 saturated carbocycles. The zero-order valence-corrected chi connectivity index (χ0v) is 15.8. The Bertz CT molecular complexity index is 785. The molecule has 2 N–H and O–H groups in total. The van der Waals surface area contributed by atoms with Gasteiger partial charge in [0.05, 0.1) is 5.69 Å². The highest BCUT2D eigenvalue weighted by molar-refractivity contribution is 5.97. The molecule has 1 aliphatic heterocycles. The smallest absolute Gasteiger partial charge is 0.287 e. The Labute approximate surface area is 159 Å². The molecule has 0 spiro atoms. The minimum Gasteiger partial charge on any atom is -0.351 e. The van der Waals surface area contributed by atoms with Crippen molar-refractivity contribution in [1.82, 2.24) is 25.2 Å². The van der Waals surface area contributed by atoms with Crippen LogP contribution in [0.25, 0.3) is 0 Å². The summed E-state index contributed by atoms with van der Waals surface area (Å²) in [4.78, 5) is 33.7. The molecule has 0 saturated heterocycles. The lowest BCUT2D eigenvalue weighted by atomic mass is 10.1. The molecule has 0 atom stereocenters. The highest BCUT2D eigenvalue weighted by Gasteiger charge is 2.27. The van der Waals surface area contributed by atoms with Crippen LogP contribution in [0.5, 0.6) is 0 Å². The summed E-state index contributed by atoms with van der Waals surface area (Å²) >= 11 is 0. The maximum Gasteiger partial charge on any atom is 0.287 e. The van der Waals surface area contributed by atoms with E-state index in [1.54, 1.807) is 12.4 Å². The molecule has 3 rings (SSSR count). The van der Waals surface area contributed by atoms with Gasteiger partial charge in [0, 0.05) is 32.0 Å². The Kier molecular flexibility index (Phi) is 6.57. The van der Waals surface area contributed by atoms with E-state index < -0.39 is 0 Å². The molecule has 7 heteroatoms. The van der Waals surface area contributed by atoms with Crippen molar-refractivity contribution in [2.75, 3.05) is 6.54 Å². The first kappa shape index (κ1) is 19.1. The quantitative estimate of drug-likeness (QED) is 0.700. The average molecular weight is 369 g/mol. The highest BCUT2D eigenvalue weighted by Crippen LogP contribution is 2.21. The molecule has 27 heavy (non-hydrogen) atoms. The normalized spacial score (nSPS) is 13.1. The van der Waals surface area contributed by atoms with E-state index in [4.69, 9.17) is 0 Å². The molecule has 3 heterocycles. The van der Waals surface area contributed by atoms with Gasteiger partial charge in [-0.1, -0.05) is 25.8 Å². The van der Waals surface area contributed by atoms with E-state index in [1.165, 1.54) is 0 Å². The zero-order valence-electron chi connectivity index (χ0n) is 15.8. The lowest BCUT2D eigenvalue weighted by Gasteiger charge is -2.17. The van der Waals surface area contributed by atoms with E-state index in [1.807, 2.05) is 16.7 Å². The van der Waals surface area contributed by atoms with Crippen LogP contribution >= 0.6 is 0 Å². The maximum absolute atomic E-state index is 12.7. The van der Waals surface area contributed by atoms with Crippen LogP contribution in [-0.4, -0.2) is 32.9 Å². The van der Waals surface area contributed by atoms with Gasteiger partial charge < -0.3 is 15.2 Å². The van der Waals surface area contributed by atoms with Crippen LogP contribution in [-0.2, 0) is 19.5 Å². The third-order valence-corrected chi connectivity index (χ3v) is 4.78. The van der Waals surface area contributed by atoms with Gasteiger partial charge in [-0.05, 0) is 37.3 Å². The number of carbonyl (C=O) groups excluding carboxylic acids is 2. The minimum atomic E-state index is -0.257. The number of aromatic nitrogens is 3. The number of hydrogen-bond acceptors (Lipinski definition) is 4. The van der Waals surface area contributed by atoms with Crippen molar-refractivity contribution in [2.24, 2.45) is 0 Å². The second kappa shape index (κ2) is 9.30. The first-order valence-electron chi connectivity index (χ1n) is 9.75. The van der Waals surface area contributed by atoms with E-state index >= 15 is 0 Å². The zero-order chi connectivity index (χ0) is 19.1. The summed E-state index contributed by atoms with van der Waals surface area (Å²) in [6.45, 7) is 3.88. The van der Waals surface area contributed by atoms with E-state index in [0.29, 0.717) is 24.6 Å². The number of fused-ring (bicyclic) bond motifs is 1. The number of unbranched alkanes of at least 4 members (excludes halogenated alkanes) is 2. The van der Waals surface area contributed by atoms with E-state index in [2.05, 4.69) is 27.5 Å². The maximum atomic E-state index is 12.7. The Morgan fingerprint density at radius 3 is 2.85 bits per heavy atom. The molecule has 0 bridgehead atoms. The van der Waals surface area contributed by atoms with Gasteiger partial charge in [-0.15, -0.1) is 0 Å². The second-order valence-electron chi connectivity index (χ2n) is 6.85. The standard InChI is InChI=1S/C20H27N5O2/c1-2-3-5-11-22-19(26)17-16-9-4-6-12-25(16)18(24-17)20(27)23-14-15-8-7-10-21-13-15/h7-8,10,13H,2-6,9,11-12,14H2,1H3,(H,22,26)(H,23,27).